The van der Waals surface area contributed by atoms with Crippen LogP contribution in [0.3, 0.4) is 0 Å². The molecule has 5 heteroatoms. The minimum absolute atomic E-state index is 0.0312. The molecule has 1 atom stereocenters. The SMILES string of the molecule is O=C(CCc1cc(O)ccc1O)NC1CC=C(c2nccc3c2C=CC3)CCC1. The maximum absolute atomic E-state index is 12.4. The third kappa shape index (κ3) is 4.50. The van der Waals surface area contributed by atoms with E-state index in [2.05, 4.69) is 34.6 Å². The van der Waals surface area contributed by atoms with Crippen LogP contribution >= 0.6 is 0 Å². The van der Waals surface area contributed by atoms with Gasteiger partial charge in [0.25, 0.3) is 0 Å². The van der Waals surface area contributed by atoms with Crippen molar-refractivity contribution in [3.63, 3.8) is 0 Å². The van der Waals surface area contributed by atoms with Crippen molar-refractivity contribution < 1.29 is 15.0 Å². The number of nitrogens with one attached hydrogen (secondary N) is 1. The molecule has 1 aromatic carbocycles. The summed E-state index contributed by atoms with van der Waals surface area (Å²) in [5.41, 5.74) is 5.52. The Morgan fingerprint density at radius 2 is 2.14 bits per heavy atom. The van der Waals surface area contributed by atoms with Gasteiger partial charge in [0.15, 0.2) is 0 Å². The van der Waals surface area contributed by atoms with Gasteiger partial charge in [0.2, 0.25) is 5.91 Å². The van der Waals surface area contributed by atoms with Crippen LogP contribution in [0.2, 0.25) is 0 Å². The molecule has 1 amide bonds. The number of phenols is 2. The summed E-state index contributed by atoms with van der Waals surface area (Å²) < 4.78 is 0. The average Bonchev–Trinajstić information content (AvgIpc) is 3.08. The van der Waals surface area contributed by atoms with Gasteiger partial charge in [-0.3, -0.25) is 9.78 Å². The highest BCUT2D eigenvalue weighted by atomic mass is 16.3. The van der Waals surface area contributed by atoms with Crippen LogP contribution in [0.25, 0.3) is 11.6 Å². The Labute approximate surface area is 170 Å². The van der Waals surface area contributed by atoms with Gasteiger partial charge in [-0.1, -0.05) is 18.2 Å². The zero-order valence-corrected chi connectivity index (χ0v) is 16.4. The summed E-state index contributed by atoms with van der Waals surface area (Å²) in [5.74, 6) is 0.168. The van der Waals surface area contributed by atoms with Gasteiger partial charge in [-0.15, -0.1) is 0 Å². The number of aromatic hydroxyl groups is 2. The molecule has 0 aliphatic heterocycles. The quantitative estimate of drug-likeness (QED) is 0.670. The molecular formula is C24H26N2O3. The number of allylic oxidation sites excluding steroid dienone is 2. The van der Waals surface area contributed by atoms with E-state index in [0.717, 1.165) is 37.8 Å². The first-order chi connectivity index (χ1) is 14.1. The molecule has 1 heterocycles. The van der Waals surface area contributed by atoms with Crippen molar-refractivity contribution >= 4 is 17.6 Å². The smallest absolute Gasteiger partial charge is 0.220 e. The van der Waals surface area contributed by atoms with Crippen molar-refractivity contribution in [3.05, 3.63) is 65.0 Å². The normalized spacial score (nSPS) is 18.1. The molecule has 29 heavy (non-hydrogen) atoms. The van der Waals surface area contributed by atoms with E-state index in [0.29, 0.717) is 12.0 Å². The van der Waals surface area contributed by atoms with E-state index in [1.807, 2.05) is 6.20 Å². The van der Waals surface area contributed by atoms with Gasteiger partial charge in [-0.2, -0.15) is 0 Å². The molecule has 0 fully saturated rings. The molecule has 5 nitrogen and oxygen atoms in total. The standard InChI is InChI=1S/C24H26N2O3/c27-20-10-11-22(28)18(15-20)8-12-23(29)26-19-5-1-4-17(7-9-19)24-21-6-2-3-16(21)13-14-25-24/h2,6-7,10-11,13-15,19,27-28H,1,3-5,8-9,12H2,(H,26,29). The summed E-state index contributed by atoms with van der Waals surface area (Å²) in [7, 11) is 0. The van der Waals surface area contributed by atoms with Gasteiger partial charge in [-0.25, -0.2) is 0 Å². The molecular weight excluding hydrogens is 364 g/mol. The maximum Gasteiger partial charge on any atom is 0.220 e. The number of aryl methyl sites for hydroxylation is 1. The van der Waals surface area contributed by atoms with E-state index in [1.54, 1.807) is 0 Å². The Balaban J connectivity index is 1.36. The van der Waals surface area contributed by atoms with Gasteiger partial charge in [0.05, 0.1) is 5.69 Å². The number of benzene rings is 1. The van der Waals surface area contributed by atoms with Gasteiger partial charge < -0.3 is 15.5 Å². The molecule has 0 radical (unpaired) electrons. The first kappa shape index (κ1) is 19.2. The van der Waals surface area contributed by atoms with Crippen molar-refractivity contribution in [2.75, 3.05) is 0 Å². The zero-order valence-electron chi connectivity index (χ0n) is 16.4. The lowest BCUT2D eigenvalue weighted by atomic mass is 10.00. The second-order valence-corrected chi connectivity index (χ2v) is 7.77. The second-order valence-electron chi connectivity index (χ2n) is 7.77. The molecule has 0 spiro atoms. The van der Waals surface area contributed by atoms with Crippen LogP contribution in [-0.4, -0.2) is 27.1 Å². The molecule has 2 aliphatic carbocycles. The fourth-order valence-electron chi connectivity index (χ4n) is 4.15. The Morgan fingerprint density at radius 3 is 3.03 bits per heavy atom. The number of pyridine rings is 1. The number of aromatic nitrogens is 1. The number of hydrogen-bond donors (Lipinski definition) is 3. The summed E-state index contributed by atoms with van der Waals surface area (Å²) >= 11 is 0. The van der Waals surface area contributed by atoms with Gasteiger partial charge in [0.1, 0.15) is 11.5 Å². The van der Waals surface area contributed by atoms with Gasteiger partial charge >= 0.3 is 0 Å². The van der Waals surface area contributed by atoms with Crippen LogP contribution in [-0.2, 0) is 17.6 Å². The Hall–Kier alpha value is -3.08. The molecule has 4 rings (SSSR count). The first-order valence-electron chi connectivity index (χ1n) is 10.2. The number of nitrogens with zero attached hydrogens (tertiary/aromatic N) is 1. The summed E-state index contributed by atoms with van der Waals surface area (Å²) in [6, 6.07) is 6.59. The Morgan fingerprint density at radius 1 is 1.24 bits per heavy atom. The maximum atomic E-state index is 12.4. The lowest BCUT2D eigenvalue weighted by Crippen LogP contribution is -2.34. The van der Waals surface area contributed by atoms with Gasteiger partial charge in [0, 0.05) is 24.2 Å². The molecule has 1 unspecified atom stereocenters. The summed E-state index contributed by atoms with van der Waals surface area (Å²) in [5, 5.41) is 22.5. The molecule has 0 saturated carbocycles. The van der Waals surface area contributed by atoms with E-state index in [4.69, 9.17) is 0 Å². The van der Waals surface area contributed by atoms with Gasteiger partial charge in [-0.05, 0) is 79.5 Å². The fourth-order valence-corrected chi connectivity index (χ4v) is 4.15. The van der Waals surface area contributed by atoms with Crippen LogP contribution in [0.1, 0.15) is 54.5 Å². The summed E-state index contributed by atoms with van der Waals surface area (Å²) in [6.07, 6.45) is 13.8. The predicted octanol–water partition coefficient (Wildman–Crippen LogP) is 4.14. The monoisotopic (exact) mass is 390 g/mol. The highest BCUT2D eigenvalue weighted by Gasteiger charge is 2.19. The summed E-state index contributed by atoms with van der Waals surface area (Å²) in [4.78, 5) is 17.0. The minimum Gasteiger partial charge on any atom is -0.508 e. The number of hydrogen-bond acceptors (Lipinski definition) is 4. The first-order valence-corrected chi connectivity index (χ1v) is 10.2. The molecule has 2 aromatic rings. The predicted molar refractivity (Wildman–Crippen MR) is 113 cm³/mol. The van der Waals surface area contributed by atoms with Crippen molar-refractivity contribution in [1.82, 2.24) is 10.3 Å². The number of fused-ring (bicyclic) bond motifs is 1. The van der Waals surface area contributed by atoms with E-state index in [-0.39, 0.29) is 29.9 Å². The Kier molecular flexibility index (Phi) is 5.65. The van der Waals surface area contributed by atoms with Crippen LogP contribution in [0.15, 0.2) is 42.6 Å². The molecule has 1 aromatic heterocycles. The molecule has 150 valence electrons. The molecule has 2 aliphatic rings. The van der Waals surface area contributed by atoms with E-state index >= 15 is 0 Å². The van der Waals surface area contributed by atoms with Crippen LogP contribution < -0.4 is 5.32 Å². The number of phenolic OH excluding ortho intramolecular Hbond substituents is 2. The third-order valence-electron chi connectivity index (χ3n) is 5.70. The lowest BCUT2D eigenvalue weighted by Gasteiger charge is -2.15. The molecule has 3 N–H and O–H groups in total. The van der Waals surface area contributed by atoms with Crippen LogP contribution in [0.4, 0.5) is 0 Å². The number of carbonyl (C=O) groups excluding carboxylic acids is 1. The van der Waals surface area contributed by atoms with Crippen LogP contribution in [0.5, 0.6) is 11.5 Å². The fraction of sp³-hybridized carbons (Fsp3) is 0.333. The minimum atomic E-state index is -0.0312. The topological polar surface area (TPSA) is 82.5 Å². The Bertz CT molecular complexity index is 978. The van der Waals surface area contributed by atoms with E-state index in [1.165, 1.54) is 34.9 Å². The van der Waals surface area contributed by atoms with Crippen LogP contribution in [0, 0.1) is 0 Å². The lowest BCUT2D eigenvalue weighted by molar-refractivity contribution is -0.121. The number of carbonyl (C=O) groups is 1. The number of rotatable bonds is 5. The molecule has 0 saturated heterocycles. The largest absolute Gasteiger partial charge is 0.508 e. The van der Waals surface area contributed by atoms with Crippen molar-refractivity contribution in [3.8, 4) is 11.5 Å². The highest BCUT2D eigenvalue weighted by Crippen LogP contribution is 2.31. The van der Waals surface area contributed by atoms with Crippen molar-refractivity contribution in [2.24, 2.45) is 0 Å². The summed E-state index contributed by atoms with van der Waals surface area (Å²) in [6.45, 7) is 0. The molecule has 0 bridgehead atoms. The average molecular weight is 390 g/mol. The van der Waals surface area contributed by atoms with Crippen molar-refractivity contribution in [1.29, 1.82) is 0 Å². The van der Waals surface area contributed by atoms with Crippen molar-refractivity contribution in [2.45, 2.75) is 51.0 Å². The second kappa shape index (κ2) is 8.52. The highest BCUT2D eigenvalue weighted by molar-refractivity contribution is 5.77. The number of amides is 1. The van der Waals surface area contributed by atoms with E-state index < -0.39 is 0 Å². The third-order valence-corrected chi connectivity index (χ3v) is 5.70. The van der Waals surface area contributed by atoms with E-state index in [9.17, 15) is 15.0 Å². The zero-order chi connectivity index (χ0) is 20.2.